The lowest BCUT2D eigenvalue weighted by molar-refractivity contribution is -0.167. The van der Waals surface area contributed by atoms with Gasteiger partial charge in [0.15, 0.2) is 6.10 Å². The molecule has 0 rings (SSSR count). The Kier molecular flexibility index (Phi) is 65.7. The molecule has 6 nitrogen and oxygen atoms in total. The van der Waals surface area contributed by atoms with Crippen LogP contribution in [-0.2, 0) is 28.6 Å². The summed E-state index contributed by atoms with van der Waals surface area (Å²) < 4.78 is 16.9. The van der Waals surface area contributed by atoms with Gasteiger partial charge in [0.2, 0.25) is 0 Å². The van der Waals surface area contributed by atoms with E-state index in [2.05, 4.69) is 118 Å². The van der Waals surface area contributed by atoms with E-state index in [-0.39, 0.29) is 37.5 Å². The number of rotatable bonds is 63. The lowest BCUT2D eigenvalue weighted by Gasteiger charge is -2.18. The molecule has 0 N–H and O–H groups in total. The molecule has 6 heteroatoms. The fraction of sp³-hybridized carbons (Fsp3) is 0.747. The van der Waals surface area contributed by atoms with Crippen LogP contribution >= 0.6 is 0 Å². The number of unbranched alkanes of at least 4 members (excludes halogenated alkanes) is 36. The van der Waals surface area contributed by atoms with Crippen LogP contribution in [0.15, 0.2) is 97.2 Å². The highest BCUT2D eigenvalue weighted by molar-refractivity contribution is 5.71. The van der Waals surface area contributed by atoms with Crippen molar-refractivity contribution in [1.82, 2.24) is 0 Å². The molecule has 0 spiro atoms. The third-order valence-corrected chi connectivity index (χ3v) is 15.1. The maximum atomic E-state index is 12.9. The van der Waals surface area contributed by atoms with Crippen LogP contribution in [-0.4, -0.2) is 37.2 Å². The Hall–Kier alpha value is -3.67. The average molecular weight is 1130 g/mol. The molecule has 0 heterocycles. The van der Waals surface area contributed by atoms with Crippen LogP contribution in [0.3, 0.4) is 0 Å². The van der Waals surface area contributed by atoms with Crippen molar-refractivity contribution >= 4 is 17.9 Å². The minimum Gasteiger partial charge on any atom is -0.462 e. The summed E-state index contributed by atoms with van der Waals surface area (Å²) in [6.07, 6.45) is 93.2. The van der Waals surface area contributed by atoms with E-state index in [0.29, 0.717) is 19.3 Å². The van der Waals surface area contributed by atoms with Gasteiger partial charge in [-0.25, -0.2) is 0 Å². The van der Waals surface area contributed by atoms with Gasteiger partial charge in [-0.2, -0.15) is 0 Å². The monoisotopic (exact) mass is 1130 g/mol. The molecule has 0 aliphatic carbocycles. The number of carbonyl (C=O) groups is 3. The summed E-state index contributed by atoms with van der Waals surface area (Å²) in [4.78, 5) is 38.2. The van der Waals surface area contributed by atoms with Gasteiger partial charge in [0.1, 0.15) is 13.2 Å². The van der Waals surface area contributed by atoms with E-state index in [0.717, 1.165) is 96.3 Å². The van der Waals surface area contributed by atoms with Gasteiger partial charge in [0, 0.05) is 19.3 Å². The van der Waals surface area contributed by atoms with E-state index in [1.807, 2.05) is 0 Å². The maximum Gasteiger partial charge on any atom is 0.306 e. The smallest absolute Gasteiger partial charge is 0.306 e. The van der Waals surface area contributed by atoms with E-state index < -0.39 is 6.10 Å². The van der Waals surface area contributed by atoms with Crippen molar-refractivity contribution in [2.24, 2.45) is 0 Å². The predicted octanol–water partition coefficient (Wildman–Crippen LogP) is 24.0. The summed E-state index contributed by atoms with van der Waals surface area (Å²) in [6, 6.07) is 0. The fourth-order valence-electron chi connectivity index (χ4n) is 9.89. The molecule has 0 aromatic rings. The number of hydrogen-bond donors (Lipinski definition) is 0. The first-order valence-electron chi connectivity index (χ1n) is 34.7. The van der Waals surface area contributed by atoms with Crippen molar-refractivity contribution in [1.29, 1.82) is 0 Å². The van der Waals surface area contributed by atoms with Crippen molar-refractivity contribution in [3.63, 3.8) is 0 Å². The summed E-state index contributed by atoms with van der Waals surface area (Å²) in [6.45, 7) is 6.49. The molecule has 0 aliphatic heterocycles. The van der Waals surface area contributed by atoms with Gasteiger partial charge in [-0.3, -0.25) is 14.4 Å². The number of hydrogen-bond acceptors (Lipinski definition) is 6. The van der Waals surface area contributed by atoms with Gasteiger partial charge in [-0.15, -0.1) is 0 Å². The fourth-order valence-corrected chi connectivity index (χ4v) is 9.89. The highest BCUT2D eigenvalue weighted by Crippen LogP contribution is 2.17. The summed E-state index contributed by atoms with van der Waals surface area (Å²) in [7, 11) is 0. The van der Waals surface area contributed by atoms with E-state index in [4.69, 9.17) is 14.2 Å². The highest BCUT2D eigenvalue weighted by Gasteiger charge is 2.19. The van der Waals surface area contributed by atoms with Crippen molar-refractivity contribution < 1.29 is 28.6 Å². The van der Waals surface area contributed by atoms with Gasteiger partial charge in [-0.05, 0) is 103 Å². The average Bonchev–Trinajstić information content (AvgIpc) is 3.47. The lowest BCUT2D eigenvalue weighted by Crippen LogP contribution is -2.30. The van der Waals surface area contributed by atoms with Crippen molar-refractivity contribution in [3.8, 4) is 0 Å². The van der Waals surface area contributed by atoms with Crippen molar-refractivity contribution in [2.45, 2.75) is 348 Å². The first kappa shape index (κ1) is 77.3. The van der Waals surface area contributed by atoms with Gasteiger partial charge in [0.25, 0.3) is 0 Å². The molecule has 0 aromatic heterocycles. The molecule has 466 valence electrons. The van der Waals surface area contributed by atoms with Crippen molar-refractivity contribution in [2.75, 3.05) is 13.2 Å². The minimum atomic E-state index is -0.799. The summed E-state index contributed by atoms with van der Waals surface area (Å²) in [5.41, 5.74) is 0. The summed E-state index contributed by atoms with van der Waals surface area (Å²) in [5.74, 6) is -0.925. The number of esters is 3. The molecule has 81 heavy (non-hydrogen) atoms. The molecule has 1 unspecified atom stereocenters. The van der Waals surface area contributed by atoms with Crippen LogP contribution in [0.1, 0.15) is 342 Å². The van der Waals surface area contributed by atoms with Gasteiger partial charge in [-0.1, -0.05) is 317 Å². The Morgan fingerprint density at radius 1 is 0.259 bits per heavy atom. The number of allylic oxidation sites excluding steroid dienone is 16. The van der Waals surface area contributed by atoms with Crippen LogP contribution in [0.5, 0.6) is 0 Å². The van der Waals surface area contributed by atoms with Gasteiger partial charge < -0.3 is 14.2 Å². The zero-order valence-corrected chi connectivity index (χ0v) is 53.5. The van der Waals surface area contributed by atoms with Gasteiger partial charge >= 0.3 is 17.9 Å². The molecule has 0 amide bonds. The second-order valence-electron chi connectivity index (χ2n) is 23.1. The third-order valence-electron chi connectivity index (χ3n) is 15.1. The molecule has 0 aromatic carbocycles. The Morgan fingerprint density at radius 2 is 0.481 bits per heavy atom. The Morgan fingerprint density at radius 3 is 0.778 bits per heavy atom. The van der Waals surface area contributed by atoms with Gasteiger partial charge in [0.05, 0.1) is 0 Å². The second-order valence-corrected chi connectivity index (χ2v) is 23.1. The summed E-state index contributed by atoms with van der Waals surface area (Å²) >= 11 is 0. The molecule has 1 atom stereocenters. The Balaban J connectivity index is 4.14. The third kappa shape index (κ3) is 67.0. The Labute approximate surface area is 502 Å². The Bertz CT molecular complexity index is 1580. The number of ether oxygens (including phenoxy) is 3. The standard InChI is InChI=1S/C75H130O6/c1-4-7-10-13-16-19-21-23-25-27-29-31-32-33-34-35-36-37-38-39-40-41-42-44-45-47-49-51-53-56-59-62-65-68-74(77)80-71-72(70-79-73(76)67-64-61-58-55-18-15-12-9-6-3)81-75(78)69-66-63-60-57-54-52-50-48-46-43-30-28-26-24-22-20-17-14-11-8-5-2/h8,11,17,20-21,23-24,26-27,29-30,43,48,50,54,57,72H,4-7,9-10,12-16,18-19,22,25,28,31-42,44-47,49,51-53,55-56,58-71H2,1-3H3/b11-8-,20-17-,23-21-,26-24-,29-27-,43-30-,50-48-,57-54-. The lowest BCUT2D eigenvalue weighted by atomic mass is 10.0. The van der Waals surface area contributed by atoms with E-state index in [1.165, 1.54) is 199 Å². The topological polar surface area (TPSA) is 78.9 Å². The van der Waals surface area contributed by atoms with Crippen LogP contribution in [0.4, 0.5) is 0 Å². The minimum absolute atomic E-state index is 0.0916. The molecule has 0 fully saturated rings. The molecular formula is C75H130O6. The van der Waals surface area contributed by atoms with E-state index >= 15 is 0 Å². The van der Waals surface area contributed by atoms with Crippen LogP contribution < -0.4 is 0 Å². The zero-order valence-electron chi connectivity index (χ0n) is 53.5. The quantitative estimate of drug-likeness (QED) is 0.0261. The molecule has 0 aliphatic rings. The largest absolute Gasteiger partial charge is 0.462 e. The summed E-state index contributed by atoms with van der Waals surface area (Å²) in [5, 5.41) is 0. The van der Waals surface area contributed by atoms with Crippen LogP contribution in [0.2, 0.25) is 0 Å². The molecule has 0 saturated carbocycles. The van der Waals surface area contributed by atoms with Crippen LogP contribution in [0.25, 0.3) is 0 Å². The maximum absolute atomic E-state index is 12.9. The SMILES string of the molecule is CC/C=C\C/C=C\C/C=C\C/C=C\C/C=C\C/C=C\CCCCC(=O)OC(COC(=O)CCCCCCCCCCC)COC(=O)CCCCCCCCCCCCCCCCCCCCCCC/C=C\C/C=C\CCCCCCC. The first-order chi connectivity index (χ1) is 40.0. The molecule has 0 saturated heterocycles. The molecule has 0 radical (unpaired) electrons. The van der Waals surface area contributed by atoms with E-state index in [1.54, 1.807) is 0 Å². The normalized spacial score (nSPS) is 12.7. The second kappa shape index (κ2) is 68.8. The predicted molar refractivity (Wildman–Crippen MR) is 353 cm³/mol. The first-order valence-corrected chi connectivity index (χ1v) is 34.7. The van der Waals surface area contributed by atoms with E-state index in [9.17, 15) is 14.4 Å². The highest BCUT2D eigenvalue weighted by atomic mass is 16.6. The number of carbonyl (C=O) groups excluding carboxylic acids is 3. The molecular weight excluding hydrogens is 997 g/mol. The zero-order chi connectivity index (χ0) is 58.5. The van der Waals surface area contributed by atoms with Crippen molar-refractivity contribution in [3.05, 3.63) is 97.2 Å². The van der Waals surface area contributed by atoms with Crippen LogP contribution in [0, 0.1) is 0 Å². The molecule has 0 bridgehead atoms.